The zero-order chi connectivity index (χ0) is 93.5. The number of benzene rings is 5. The summed E-state index contributed by atoms with van der Waals surface area (Å²) in [6, 6.07) is 20.3. The normalized spacial score (nSPS) is 20.4. The summed E-state index contributed by atoms with van der Waals surface area (Å²) >= 11 is 6.54. The Morgan fingerprint density at radius 3 is 1.59 bits per heavy atom. The van der Waals surface area contributed by atoms with Gasteiger partial charge in [-0.2, -0.15) is 30.5 Å². The Morgan fingerprint density at radius 1 is 0.620 bits per heavy atom. The van der Waals surface area contributed by atoms with E-state index < -0.39 is 148 Å². The predicted octanol–water partition coefficient (Wildman–Crippen LogP) is 5.52. The van der Waals surface area contributed by atoms with Crippen molar-refractivity contribution in [2.24, 2.45) is 21.4 Å². The van der Waals surface area contributed by atoms with Gasteiger partial charge < -0.3 is 59.4 Å². The number of piperazine rings is 1. The number of carbonyl (C=O) groups excluding carboxylic acids is 1. The third-order valence-electron chi connectivity index (χ3n) is 22.2. The fourth-order valence-electron chi connectivity index (χ4n) is 14.7. The number of halogens is 5. The lowest BCUT2D eigenvalue weighted by molar-refractivity contribution is -0.387. The van der Waals surface area contributed by atoms with Crippen LogP contribution < -0.4 is 41.0 Å². The second kappa shape index (κ2) is 40.8. The number of nitro groups is 3. The van der Waals surface area contributed by atoms with E-state index in [1.807, 2.05) is 4.72 Å². The van der Waals surface area contributed by atoms with E-state index in [2.05, 4.69) is 44.2 Å². The number of hydrogen-bond acceptors (Lipinski definition) is 32. The van der Waals surface area contributed by atoms with Crippen LogP contribution in [0.15, 0.2) is 136 Å². The number of aromatic amines is 1. The van der Waals surface area contributed by atoms with Gasteiger partial charge in [0.1, 0.15) is 44.3 Å². The number of ether oxygens (including phenoxy) is 7. The number of amides is 1. The van der Waals surface area contributed by atoms with E-state index in [-0.39, 0.29) is 134 Å². The van der Waals surface area contributed by atoms with Gasteiger partial charge in [0, 0.05) is 138 Å². The SMILES string of the molecule is CC1(C)CCC(CN2CCN(c3ccc(C(=O)NS(=O)(=O)c4ccc(NCC5CN(S(=O)(=O)C6COC6)CCO5)c([N+](=O)[O-])c4)c(Oc4cnc5[nH]ccc5c4)c3)CC2)=C(c2ccc(C(F)(F)F)cc2Cl)C1.NCC1CN(S(=O)(=O)C2COC2)CCO1.NS(=O)(=O)c1ccc(F)c([N+](=O)[O-])c1.NS(=O)(=O)c1ccc(NCC2CN(S(=O)(=O)C3COC3)CCO2)c([N+](=O)[O-])c1. The van der Waals surface area contributed by atoms with Crippen molar-refractivity contribution in [3.8, 4) is 11.5 Å². The van der Waals surface area contributed by atoms with Gasteiger partial charge in [-0.15, -0.1) is 0 Å². The molecule has 0 saturated carbocycles. The van der Waals surface area contributed by atoms with Crippen LogP contribution in [0, 0.1) is 41.6 Å². The Bertz CT molecular complexity index is 6110. The molecule has 53 heteroatoms. The number of fused-ring (bicyclic) bond motifs is 1. The topological polar surface area (TPSA) is 575 Å². The number of alkyl halides is 3. The molecule has 0 spiro atoms. The molecule has 1 aliphatic carbocycles. The monoisotopic (exact) mass is 1950 g/mol. The van der Waals surface area contributed by atoms with E-state index in [0.717, 1.165) is 66.5 Å². The molecule has 3 atom stereocenters. The van der Waals surface area contributed by atoms with E-state index in [0.29, 0.717) is 113 Å². The first-order valence-electron chi connectivity index (χ1n) is 39.9. The maximum atomic E-state index is 14.0. The minimum Gasteiger partial charge on any atom is -0.455 e. The van der Waals surface area contributed by atoms with E-state index in [4.69, 9.17) is 60.8 Å². The molecule has 5 aromatic carbocycles. The first-order valence-corrected chi connectivity index (χ1v) is 49.3. The molecule has 9 heterocycles. The number of anilines is 3. The number of primary sulfonamides is 2. The Kier molecular flexibility index (Phi) is 31.2. The lowest BCUT2D eigenvalue weighted by Crippen LogP contribution is -2.54. The smallest absolute Gasteiger partial charge is 0.416 e. The van der Waals surface area contributed by atoms with Crippen LogP contribution in [0.25, 0.3) is 16.6 Å². The van der Waals surface area contributed by atoms with E-state index in [1.54, 1.807) is 30.5 Å². The van der Waals surface area contributed by atoms with Crippen LogP contribution in [0.3, 0.4) is 0 Å². The quantitative estimate of drug-likeness (QED) is 0.0189. The average molecular weight is 1950 g/mol. The van der Waals surface area contributed by atoms with Crippen molar-refractivity contribution in [2.75, 3.05) is 167 Å². The Labute approximate surface area is 743 Å². The van der Waals surface area contributed by atoms with Crippen molar-refractivity contribution in [1.82, 2.24) is 32.5 Å². The van der Waals surface area contributed by atoms with Crippen LogP contribution in [-0.2, 0) is 94.7 Å². The van der Waals surface area contributed by atoms with Crippen LogP contribution in [-0.4, -0.2) is 284 Å². The van der Waals surface area contributed by atoms with Gasteiger partial charge in [0.05, 0.1) is 125 Å². The number of aromatic nitrogens is 2. The fraction of sp³-hybridized carbons (Fsp3) is 0.474. The summed E-state index contributed by atoms with van der Waals surface area (Å²) in [6.07, 6.45) is -0.371. The van der Waals surface area contributed by atoms with E-state index in [9.17, 15) is 103 Å². The number of hydrogen-bond donors (Lipinski definition) is 7. The molecule has 7 fully saturated rings. The van der Waals surface area contributed by atoms with Gasteiger partial charge >= 0.3 is 11.9 Å². The van der Waals surface area contributed by atoms with Gasteiger partial charge in [-0.3, -0.25) is 40.0 Å². The largest absolute Gasteiger partial charge is 0.455 e. The molecular formula is C76H93ClF4N16O26S6. The Balaban J connectivity index is 0.000000211. The van der Waals surface area contributed by atoms with Gasteiger partial charge in [0.15, 0.2) is 0 Å². The van der Waals surface area contributed by atoms with Crippen LogP contribution in [0.1, 0.15) is 54.6 Å². The number of nitro benzene ring substituents is 3. The molecule has 7 saturated heterocycles. The summed E-state index contributed by atoms with van der Waals surface area (Å²) in [5.74, 6) is -1.91. The zero-order valence-electron chi connectivity index (χ0n) is 69.0. The number of sulfonamides is 6. The number of nitrogens with zero attached hydrogens (tertiary/aromatic N) is 9. The lowest BCUT2D eigenvalue weighted by Gasteiger charge is -2.39. The van der Waals surface area contributed by atoms with Crippen molar-refractivity contribution in [1.29, 1.82) is 0 Å². The molecule has 3 unspecified atom stereocenters. The predicted molar refractivity (Wildman–Crippen MR) is 459 cm³/mol. The maximum absolute atomic E-state index is 14.0. The third-order valence-corrected chi connectivity index (χ3v) is 32.1. The lowest BCUT2D eigenvalue weighted by atomic mass is 9.72. The molecule has 2 aromatic heterocycles. The molecule has 15 rings (SSSR count). The van der Waals surface area contributed by atoms with Gasteiger partial charge in [-0.25, -0.2) is 70.5 Å². The number of carbonyl (C=O) groups is 1. The van der Waals surface area contributed by atoms with Crippen LogP contribution >= 0.6 is 11.6 Å². The van der Waals surface area contributed by atoms with Crippen molar-refractivity contribution >= 4 is 128 Å². The highest BCUT2D eigenvalue weighted by Gasteiger charge is 2.44. The number of pyridine rings is 1. The highest BCUT2D eigenvalue weighted by atomic mass is 35.5. The van der Waals surface area contributed by atoms with E-state index in [1.165, 1.54) is 43.4 Å². The molecule has 0 radical (unpaired) electrons. The van der Waals surface area contributed by atoms with Crippen molar-refractivity contribution in [3.63, 3.8) is 0 Å². The van der Waals surface area contributed by atoms with Gasteiger partial charge in [0.25, 0.3) is 27.3 Å². The number of nitrogens with one attached hydrogen (secondary N) is 4. The van der Waals surface area contributed by atoms with Crippen LogP contribution in [0.2, 0.25) is 5.02 Å². The second-order valence-corrected chi connectivity index (χ2v) is 43.5. The summed E-state index contributed by atoms with van der Waals surface area (Å²) in [7, 11) is -23.1. The molecule has 0 bridgehead atoms. The molecular weight excluding hydrogens is 1860 g/mol. The molecule has 129 heavy (non-hydrogen) atoms. The van der Waals surface area contributed by atoms with Gasteiger partial charge in [-0.05, 0) is 109 Å². The van der Waals surface area contributed by atoms with Crippen molar-refractivity contribution < 1.29 is 121 Å². The first kappa shape index (κ1) is 98.6. The minimum atomic E-state index is -4.73. The zero-order valence-corrected chi connectivity index (χ0v) is 74.7. The summed E-state index contributed by atoms with van der Waals surface area (Å²) < 4.78 is 244. The minimum absolute atomic E-state index is 0.00645. The highest BCUT2D eigenvalue weighted by Crippen LogP contribution is 2.46. The van der Waals surface area contributed by atoms with Crippen LogP contribution in [0.5, 0.6) is 11.5 Å². The van der Waals surface area contributed by atoms with Gasteiger partial charge in [0.2, 0.25) is 55.9 Å². The number of H-pyrrole nitrogens is 1. The third kappa shape index (κ3) is 24.5. The summed E-state index contributed by atoms with van der Waals surface area (Å²) in [5.41, 5.74) is 6.46. The second-order valence-electron chi connectivity index (χ2n) is 31.7. The number of allylic oxidation sites excluding steroid dienone is 1. The standard InChI is InChI=1S/C48H52ClF3N8O10S2.C14H20N4O8S2.C8H16N2O4S.C6H5FN2O4S/c1-47(2)11-9-31(40(23-47)38-6-3-32(20-41(38)49)48(50,51)52)26-57-13-15-58(16-14-57)33-4-7-39(44(21-33)70-34-19-30-10-12-53-45(30)55-24-34)46(61)56-71(64,65)36-5-8-42(43(22-36)60(62)63)54-25-35-27-59(17-18-69-35)72(66,67)37-28-68-29-37;15-27(21,22)11-1-2-13(14(5-11)18(19)20)16-6-10-7-17(3-4-26-10)28(23,24)12-8-25-9-12;9-3-7-4-10(1-2-14-7)15(11,12)8-5-13-6-8;7-5-2-1-4(14(8,12)13)3-6(5)9(10)11/h3-8,10,12,19-22,24,35,37,54H,9,11,13-18,23,25-29H2,1-2H3,(H,53,55)(H,56,61);1-2,5,10,12,16H,3-4,6-9H2,(H2,15,21,22);7-8H,1-6,9H2;1-3H,(H2,8,12,13). The summed E-state index contributed by atoms with van der Waals surface area (Å²) in [6.45, 7) is 10.9. The van der Waals surface area contributed by atoms with Crippen molar-refractivity contribution in [3.05, 3.63) is 179 Å². The average Bonchev–Trinajstić information content (AvgIpc) is 1.74. The number of rotatable bonds is 27. The molecule has 704 valence electrons. The number of morpholine rings is 3. The molecule has 8 aliphatic rings. The molecule has 42 nitrogen and oxygen atoms in total. The highest BCUT2D eigenvalue weighted by molar-refractivity contribution is 7.91. The molecule has 1 amide bonds. The summed E-state index contributed by atoms with van der Waals surface area (Å²) in [4.78, 5) is 55.6. The number of nitrogens with two attached hydrogens (primary N) is 3. The molecule has 7 aliphatic heterocycles. The van der Waals surface area contributed by atoms with E-state index >= 15 is 0 Å². The fourth-order valence-corrected chi connectivity index (χ4v) is 22.0. The molecule has 10 N–H and O–H groups in total. The van der Waals surface area contributed by atoms with Gasteiger partial charge in [-0.1, -0.05) is 37.1 Å². The Morgan fingerprint density at radius 2 is 1.11 bits per heavy atom. The van der Waals surface area contributed by atoms with Crippen molar-refractivity contribution in [2.45, 2.75) is 88.0 Å². The Hall–Kier alpha value is -9.41. The summed E-state index contributed by atoms with van der Waals surface area (Å²) in [5, 5.41) is 48.4. The maximum Gasteiger partial charge on any atom is 0.416 e. The molecule has 7 aromatic rings. The van der Waals surface area contributed by atoms with Crippen LogP contribution in [0.4, 0.5) is 51.7 Å². The first-order chi connectivity index (χ1) is 60.7.